The predicted molar refractivity (Wildman–Crippen MR) is 224 cm³/mol. The van der Waals surface area contributed by atoms with Crippen molar-refractivity contribution in [1.82, 2.24) is 36.9 Å². The fourth-order valence-electron chi connectivity index (χ4n) is 8.57. The number of benzene rings is 2. The molecule has 19 nitrogen and oxygen atoms in total. The monoisotopic (exact) mass is 882 g/mol. The van der Waals surface area contributed by atoms with Gasteiger partial charge in [-0.25, -0.2) is 0 Å². The zero-order chi connectivity index (χ0) is 45.8. The van der Waals surface area contributed by atoms with Crippen molar-refractivity contribution in [2.75, 3.05) is 33.3 Å². The van der Waals surface area contributed by atoms with Crippen molar-refractivity contribution in [3.63, 3.8) is 0 Å². The van der Waals surface area contributed by atoms with Crippen LogP contribution in [0.1, 0.15) is 105 Å². The number of phenolic OH excluding ortho intramolecular Hbond substituents is 2. The molecule has 3 aromatic rings. The third kappa shape index (κ3) is 9.52. The van der Waals surface area contributed by atoms with E-state index in [-0.39, 0.29) is 87.6 Å². The molecule has 1 heterocycles. The van der Waals surface area contributed by atoms with Crippen LogP contribution in [0.25, 0.3) is 0 Å². The summed E-state index contributed by atoms with van der Waals surface area (Å²) in [6.45, 7) is 2.39. The van der Waals surface area contributed by atoms with Gasteiger partial charge in [0.05, 0.1) is 54.6 Å². The summed E-state index contributed by atoms with van der Waals surface area (Å²) >= 11 is 4.95. The molecular weight excluding hydrogens is 837 g/mol. The number of aromatic hydroxyl groups is 2. The minimum absolute atomic E-state index is 0.00814. The van der Waals surface area contributed by atoms with E-state index in [0.29, 0.717) is 31.2 Å². The lowest BCUT2D eigenvalue weighted by Crippen LogP contribution is -2.70. The van der Waals surface area contributed by atoms with Gasteiger partial charge in [0, 0.05) is 52.8 Å². The largest absolute Gasteiger partial charge is 0.507 e. The van der Waals surface area contributed by atoms with Crippen molar-refractivity contribution in [1.29, 1.82) is 5.26 Å². The number of fused-ring (bicyclic) bond motifs is 3. The molecule has 1 fully saturated rings. The Morgan fingerprint density at radius 1 is 0.889 bits per heavy atom. The van der Waals surface area contributed by atoms with Gasteiger partial charge in [-0.1, -0.05) is 31.3 Å². The molecule has 0 aliphatic heterocycles. The van der Waals surface area contributed by atoms with E-state index in [1.165, 1.54) is 31.5 Å². The number of amides is 6. The fourth-order valence-corrected chi connectivity index (χ4v) is 8.73. The van der Waals surface area contributed by atoms with Gasteiger partial charge in [-0.3, -0.25) is 38.4 Å². The van der Waals surface area contributed by atoms with Gasteiger partial charge in [0.15, 0.2) is 5.78 Å². The number of nitrogens with one attached hydrogen (secondary N) is 7. The summed E-state index contributed by atoms with van der Waals surface area (Å²) in [5, 5.41) is 47.5. The van der Waals surface area contributed by atoms with Crippen molar-refractivity contribution in [2.45, 2.75) is 69.9 Å². The van der Waals surface area contributed by atoms with Gasteiger partial charge in [-0.15, -0.1) is 0 Å². The molecule has 0 radical (unpaired) electrons. The van der Waals surface area contributed by atoms with Crippen LogP contribution in [0.3, 0.4) is 0 Å². The molecule has 6 rings (SSSR count). The number of carbonyl (C=O) groups is 8. The smallest absolute Gasteiger partial charge is 0.252 e. The molecule has 3 aliphatic carbocycles. The lowest BCUT2D eigenvalue weighted by molar-refractivity contribution is -0.132. The highest BCUT2D eigenvalue weighted by Gasteiger charge is 2.53. The number of nitriles is 1. The van der Waals surface area contributed by atoms with Gasteiger partial charge in [-0.2, -0.15) is 5.26 Å². The van der Waals surface area contributed by atoms with Gasteiger partial charge in [-0.05, 0) is 57.6 Å². The van der Waals surface area contributed by atoms with E-state index in [9.17, 15) is 48.6 Å². The van der Waals surface area contributed by atoms with Gasteiger partial charge in [0.2, 0.25) is 35.3 Å². The topological polar surface area (TPSA) is 298 Å². The molecule has 1 atom stereocenters. The van der Waals surface area contributed by atoms with Crippen LogP contribution in [0, 0.1) is 21.9 Å². The zero-order valence-electron chi connectivity index (χ0n) is 34.7. The number of ketones is 2. The molecule has 20 heteroatoms. The van der Waals surface area contributed by atoms with Gasteiger partial charge in [0.25, 0.3) is 5.91 Å². The summed E-state index contributed by atoms with van der Waals surface area (Å²) < 4.78 is 5.49. The Hall–Kier alpha value is -7.14. The molecule has 0 bridgehead atoms. The van der Waals surface area contributed by atoms with Gasteiger partial charge < -0.3 is 51.8 Å². The standard InChI is InChI=1S/C43H46N8O11S/c1-4-43(50-31(55)18-48-30(54)17-47-29(53)16-46-28(52)10-11-45-39(60)23-12-22(14-44)41(63)49-15-23)19-42(2,20-43)51-40(61)21-8-9-24-26(13-21)37(58)33-34(35(24)56)38(59)32-25(36(33)57)6-5-7-27(32)62-3/h5-7,12,15,21,56,58H,4,8-11,13,16-20H2,1-3H3,(H,45,60)(H,46,52)(H,47,53)(H,48,54)(H,49,63)(H,50,55)(H,51,61). The lowest BCUT2D eigenvalue weighted by Gasteiger charge is -2.55. The maximum atomic E-state index is 13.7. The first kappa shape index (κ1) is 45.4. The number of carbonyl (C=O) groups excluding carboxylic acids is 8. The van der Waals surface area contributed by atoms with Crippen molar-refractivity contribution in [3.05, 3.63) is 79.6 Å². The molecule has 0 spiro atoms. The number of nitrogens with zero attached hydrogens (tertiary/aromatic N) is 1. The summed E-state index contributed by atoms with van der Waals surface area (Å²) in [4.78, 5) is 105. The number of rotatable bonds is 15. The van der Waals surface area contributed by atoms with Crippen LogP contribution in [0.4, 0.5) is 0 Å². The Balaban J connectivity index is 0.918. The number of aromatic nitrogens is 1. The number of ether oxygens (including phenoxy) is 1. The van der Waals surface area contributed by atoms with Crippen LogP contribution in [-0.4, -0.2) is 107 Å². The lowest BCUT2D eigenvalue weighted by atomic mass is 9.62. The average Bonchev–Trinajstić information content (AvgIpc) is 3.26. The molecule has 1 saturated carbocycles. The summed E-state index contributed by atoms with van der Waals surface area (Å²) in [7, 11) is 1.36. The third-order valence-corrected chi connectivity index (χ3v) is 12.0. The highest BCUT2D eigenvalue weighted by molar-refractivity contribution is 7.71. The second-order valence-corrected chi connectivity index (χ2v) is 16.5. The van der Waals surface area contributed by atoms with Gasteiger partial charge >= 0.3 is 0 Å². The fraction of sp³-hybridized carbons (Fsp3) is 0.395. The Morgan fingerprint density at radius 2 is 1.52 bits per heavy atom. The first-order valence-corrected chi connectivity index (χ1v) is 20.5. The number of methoxy groups -OCH3 is 1. The number of hydrogen-bond donors (Lipinski definition) is 9. The van der Waals surface area contributed by atoms with E-state index >= 15 is 0 Å². The first-order valence-electron chi connectivity index (χ1n) is 20.1. The highest BCUT2D eigenvalue weighted by Crippen LogP contribution is 2.48. The molecule has 9 N–H and O–H groups in total. The molecule has 1 aromatic heterocycles. The first-order chi connectivity index (χ1) is 29.9. The molecule has 6 amide bonds. The van der Waals surface area contributed by atoms with Crippen LogP contribution in [0.2, 0.25) is 0 Å². The summed E-state index contributed by atoms with van der Waals surface area (Å²) in [6, 6.07) is 7.73. The molecule has 63 heavy (non-hydrogen) atoms. The number of hydrogen-bond acceptors (Lipinski definition) is 13. The minimum atomic E-state index is -0.705. The Morgan fingerprint density at radius 3 is 2.17 bits per heavy atom. The third-order valence-electron chi connectivity index (χ3n) is 11.6. The molecule has 2 aromatic carbocycles. The molecule has 1 unspecified atom stereocenters. The van der Waals surface area contributed by atoms with E-state index in [2.05, 4.69) is 36.9 Å². The summed E-state index contributed by atoms with van der Waals surface area (Å²) in [6.07, 6.45) is 2.95. The van der Waals surface area contributed by atoms with E-state index < -0.39 is 82.7 Å². The SMILES string of the molecule is CCC1(NC(=O)CNC(=O)CNC(=O)CNC(=O)CCNC(=O)c2c[nH]c(=S)c(C#N)c2)CC(C)(NC(=O)C2CCc3c(O)c4c(c(O)c3C2)C(=O)c2cccc(OC)c2C4=O)C1. The van der Waals surface area contributed by atoms with E-state index in [0.717, 1.165) is 0 Å². The van der Waals surface area contributed by atoms with Crippen LogP contribution in [0.5, 0.6) is 17.2 Å². The maximum absolute atomic E-state index is 13.7. The highest BCUT2D eigenvalue weighted by atomic mass is 32.1. The molecular formula is C43H46N8O11S. The second-order valence-electron chi connectivity index (χ2n) is 16.0. The van der Waals surface area contributed by atoms with Crippen LogP contribution >= 0.6 is 12.2 Å². The van der Waals surface area contributed by atoms with Crippen LogP contribution in [0.15, 0.2) is 30.5 Å². The Kier molecular flexibility index (Phi) is 13.3. The normalized spacial score (nSPS) is 19.4. The van der Waals surface area contributed by atoms with Crippen molar-refractivity contribution < 1.29 is 53.3 Å². The Bertz CT molecular complexity index is 2560. The number of aromatic amines is 1. The van der Waals surface area contributed by atoms with E-state index in [4.69, 9.17) is 22.2 Å². The average molecular weight is 883 g/mol. The summed E-state index contributed by atoms with van der Waals surface area (Å²) in [5.74, 6) is -5.76. The molecule has 330 valence electrons. The van der Waals surface area contributed by atoms with Gasteiger partial charge in [0.1, 0.15) is 28.0 Å². The van der Waals surface area contributed by atoms with E-state index in [1.54, 1.807) is 6.07 Å². The minimum Gasteiger partial charge on any atom is -0.507 e. The number of H-pyrrole nitrogens is 1. The van der Waals surface area contributed by atoms with Crippen LogP contribution < -0.4 is 36.6 Å². The van der Waals surface area contributed by atoms with Crippen molar-refractivity contribution >= 4 is 59.2 Å². The van der Waals surface area contributed by atoms with E-state index in [1.807, 2.05) is 19.9 Å². The Labute approximate surface area is 365 Å². The predicted octanol–water partition coefficient (Wildman–Crippen LogP) is 1.02. The second kappa shape index (κ2) is 18.5. The van der Waals surface area contributed by atoms with Crippen molar-refractivity contribution in [2.24, 2.45) is 5.92 Å². The number of pyridine rings is 1. The number of phenols is 2. The zero-order valence-corrected chi connectivity index (χ0v) is 35.5. The molecule has 3 aliphatic rings. The molecule has 0 saturated heterocycles. The van der Waals surface area contributed by atoms with Crippen LogP contribution in [-0.2, 0) is 36.8 Å². The van der Waals surface area contributed by atoms with Crippen molar-refractivity contribution in [3.8, 4) is 23.3 Å². The quantitative estimate of drug-likeness (QED) is 0.0596. The maximum Gasteiger partial charge on any atom is 0.252 e. The summed E-state index contributed by atoms with van der Waals surface area (Å²) in [5.41, 5.74) is -1.11.